The largest absolute Gasteiger partial charge is 0.465 e. The summed E-state index contributed by atoms with van der Waals surface area (Å²) in [5.74, 6) is 0.641. The first-order valence-corrected chi connectivity index (χ1v) is 6.42. The zero-order valence-electron chi connectivity index (χ0n) is 10.1. The summed E-state index contributed by atoms with van der Waals surface area (Å²) in [6.45, 7) is 0. The lowest BCUT2D eigenvalue weighted by atomic mass is 10.0. The van der Waals surface area contributed by atoms with Gasteiger partial charge in [0.25, 0.3) is 0 Å². The molecule has 4 heteroatoms. The van der Waals surface area contributed by atoms with Gasteiger partial charge in [-0.1, -0.05) is 0 Å². The minimum Gasteiger partial charge on any atom is -0.465 e. The maximum Gasteiger partial charge on any atom is 0.247 e. The first kappa shape index (κ1) is 11.5. The van der Waals surface area contributed by atoms with Crippen LogP contribution in [0.15, 0.2) is 28.9 Å². The van der Waals surface area contributed by atoms with Crippen LogP contribution < -0.4 is 0 Å². The number of rotatable bonds is 2. The predicted octanol–water partition coefficient (Wildman–Crippen LogP) is 2.78. The molecular weight excluding hydrogens is 233 g/mol. The average Bonchev–Trinajstić information content (AvgIpc) is 2.94. The molecule has 0 aromatic carbocycles. The van der Waals surface area contributed by atoms with Crippen LogP contribution in [0.25, 0.3) is 6.08 Å². The van der Waals surface area contributed by atoms with E-state index in [2.05, 4.69) is 0 Å². The molecular formula is C14H16FNO2. The summed E-state index contributed by atoms with van der Waals surface area (Å²) in [5, 5.41) is 0. The fourth-order valence-corrected chi connectivity index (χ4v) is 3.10. The van der Waals surface area contributed by atoms with Gasteiger partial charge in [-0.2, -0.15) is 0 Å². The van der Waals surface area contributed by atoms with Gasteiger partial charge >= 0.3 is 0 Å². The SMILES string of the molecule is O=C(C=Cc1ccco1)N1C2CCC1CC(F)C2. The van der Waals surface area contributed by atoms with E-state index in [1.54, 1.807) is 24.5 Å². The van der Waals surface area contributed by atoms with Crippen LogP contribution >= 0.6 is 0 Å². The zero-order valence-corrected chi connectivity index (χ0v) is 10.1. The second-order valence-corrected chi connectivity index (χ2v) is 5.05. The van der Waals surface area contributed by atoms with Gasteiger partial charge in [-0.25, -0.2) is 4.39 Å². The summed E-state index contributed by atoms with van der Waals surface area (Å²) >= 11 is 0. The van der Waals surface area contributed by atoms with Crippen LogP contribution in [0.1, 0.15) is 31.4 Å². The maximum atomic E-state index is 13.4. The van der Waals surface area contributed by atoms with Crippen LogP contribution in [0.4, 0.5) is 4.39 Å². The van der Waals surface area contributed by atoms with E-state index in [4.69, 9.17) is 4.42 Å². The number of nitrogens with zero attached hydrogens (tertiary/aromatic N) is 1. The van der Waals surface area contributed by atoms with E-state index in [1.165, 1.54) is 6.08 Å². The van der Waals surface area contributed by atoms with Crippen molar-refractivity contribution in [2.45, 2.75) is 43.9 Å². The van der Waals surface area contributed by atoms with Crippen molar-refractivity contribution in [1.29, 1.82) is 0 Å². The van der Waals surface area contributed by atoms with E-state index >= 15 is 0 Å². The molecule has 0 radical (unpaired) electrons. The topological polar surface area (TPSA) is 33.5 Å². The van der Waals surface area contributed by atoms with Crippen LogP contribution in [0, 0.1) is 0 Å². The van der Waals surface area contributed by atoms with Crippen molar-refractivity contribution in [2.24, 2.45) is 0 Å². The Morgan fingerprint density at radius 2 is 2.11 bits per heavy atom. The van der Waals surface area contributed by atoms with Crippen molar-refractivity contribution in [3.63, 3.8) is 0 Å². The molecule has 2 atom stereocenters. The Bertz CT molecular complexity index is 440. The molecule has 1 aromatic heterocycles. The van der Waals surface area contributed by atoms with Gasteiger partial charge in [0.2, 0.25) is 5.91 Å². The zero-order chi connectivity index (χ0) is 12.5. The first-order chi connectivity index (χ1) is 8.74. The smallest absolute Gasteiger partial charge is 0.247 e. The quantitative estimate of drug-likeness (QED) is 0.755. The lowest BCUT2D eigenvalue weighted by Gasteiger charge is -2.35. The minimum atomic E-state index is -0.736. The summed E-state index contributed by atoms with van der Waals surface area (Å²) in [5.41, 5.74) is 0. The number of carbonyl (C=O) groups excluding carboxylic acids is 1. The first-order valence-electron chi connectivity index (χ1n) is 6.42. The highest BCUT2D eigenvalue weighted by atomic mass is 19.1. The van der Waals surface area contributed by atoms with Crippen molar-refractivity contribution in [3.05, 3.63) is 30.2 Å². The van der Waals surface area contributed by atoms with Crippen LogP contribution in [0.5, 0.6) is 0 Å². The molecule has 96 valence electrons. The molecule has 2 aliphatic heterocycles. The fraction of sp³-hybridized carbons (Fsp3) is 0.500. The van der Waals surface area contributed by atoms with Crippen LogP contribution in [-0.4, -0.2) is 29.1 Å². The van der Waals surface area contributed by atoms with Gasteiger partial charge in [0.15, 0.2) is 0 Å². The summed E-state index contributed by atoms with van der Waals surface area (Å²) in [4.78, 5) is 14.0. The molecule has 1 amide bonds. The maximum absolute atomic E-state index is 13.4. The number of piperidine rings is 1. The Hall–Kier alpha value is -1.58. The Morgan fingerprint density at radius 1 is 1.39 bits per heavy atom. The van der Waals surface area contributed by atoms with E-state index in [1.807, 2.05) is 4.90 Å². The van der Waals surface area contributed by atoms with Crippen molar-refractivity contribution >= 4 is 12.0 Å². The van der Waals surface area contributed by atoms with Crippen molar-refractivity contribution < 1.29 is 13.6 Å². The Kier molecular flexibility index (Phi) is 2.94. The summed E-state index contributed by atoms with van der Waals surface area (Å²) in [6.07, 6.45) is 6.90. The van der Waals surface area contributed by atoms with Crippen LogP contribution in [0.2, 0.25) is 0 Å². The Balaban J connectivity index is 1.70. The molecule has 2 saturated heterocycles. The minimum absolute atomic E-state index is 0.0224. The van der Waals surface area contributed by atoms with Gasteiger partial charge in [0.1, 0.15) is 11.9 Å². The molecule has 2 aliphatic rings. The average molecular weight is 249 g/mol. The monoisotopic (exact) mass is 249 g/mol. The molecule has 0 N–H and O–H groups in total. The molecule has 2 fully saturated rings. The number of hydrogen-bond acceptors (Lipinski definition) is 2. The summed E-state index contributed by atoms with van der Waals surface area (Å²) < 4.78 is 18.5. The van der Waals surface area contributed by atoms with E-state index in [0.29, 0.717) is 18.6 Å². The highest BCUT2D eigenvalue weighted by Gasteiger charge is 2.42. The number of furan rings is 1. The van der Waals surface area contributed by atoms with Crippen LogP contribution in [0.3, 0.4) is 0 Å². The third kappa shape index (κ3) is 2.07. The van der Waals surface area contributed by atoms with Gasteiger partial charge in [-0.05, 0) is 43.9 Å². The van der Waals surface area contributed by atoms with E-state index < -0.39 is 6.17 Å². The van der Waals surface area contributed by atoms with Crippen molar-refractivity contribution in [3.8, 4) is 0 Å². The second-order valence-electron chi connectivity index (χ2n) is 5.05. The number of amides is 1. The summed E-state index contributed by atoms with van der Waals surface area (Å²) in [7, 11) is 0. The predicted molar refractivity (Wildman–Crippen MR) is 65.5 cm³/mol. The highest BCUT2D eigenvalue weighted by Crippen LogP contribution is 2.37. The molecule has 2 bridgehead atoms. The number of fused-ring (bicyclic) bond motifs is 2. The number of carbonyl (C=O) groups is 1. The molecule has 0 aliphatic carbocycles. The third-order valence-electron chi connectivity index (χ3n) is 3.86. The number of alkyl halides is 1. The van der Waals surface area contributed by atoms with Gasteiger partial charge in [-0.15, -0.1) is 0 Å². The van der Waals surface area contributed by atoms with Gasteiger partial charge in [0, 0.05) is 18.2 Å². The molecule has 1 aromatic rings. The molecule has 18 heavy (non-hydrogen) atoms. The third-order valence-corrected chi connectivity index (χ3v) is 3.86. The normalized spacial score (nSPS) is 31.2. The molecule has 0 saturated carbocycles. The summed E-state index contributed by atoms with van der Waals surface area (Å²) in [6, 6.07) is 3.76. The molecule has 3 nitrogen and oxygen atoms in total. The van der Waals surface area contributed by atoms with E-state index in [-0.39, 0.29) is 18.0 Å². The number of halogens is 1. The van der Waals surface area contributed by atoms with E-state index in [0.717, 1.165) is 12.8 Å². The second kappa shape index (κ2) is 4.59. The molecule has 3 heterocycles. The van der Waals surface area contributed by atoms with Crippen molar-refractivity contribution in [2.75, 3.05) is 0 Å². The van der Waals surface area contributed by atoms with Crippen LogP contribution in [-0.2, 0) is 4.79 Å². The standard InChI is InChI=1S/C14H16FNO2/c15-10-8-11-3-4-12(9-10)16(11)14(17)6-5-13-2-1-7-18-13/h1-2,5-7,10-12H,3-4,8-9H2. The molecule has 3 rings (SSSR count). The van der Waals surface area contributed by atoms with E-state index in [9.17, 15) is 9.18 Å². The van der Waals surface area contributed by atoms with Gasteiger partial charge in [0.05, 0.1) is 6.26 Å². The Morgan fingerprint density at radius 3 is 2.72 bits per heavy atom. The Labute approximate surface area is 105 Å². The highest BCUT2D eigenvalue weighted by molar-refractivity contribution is 5.92. The van der Waals surface area contributed by atoms with Gasteiger partial charge in [-0.3, -0.25) is 4.79 Å². The lowest BCUT2D eigenvalue weighted by molar-refractivity contribution is -0.131. The molecule has 0 spiro atoms. The fourth-order valence-electron chi connectivity index (χ4n) is 3.10. The van der Waals surface area contributed by atoms with Crippen molar-refractivity contribution in [1.82, 2.24) is 4.90 Å². The van der Waals surface area contributed by atoms with Gasteiger partial charge < -0.3 is 9.32 Å². The lowest BCUT2D eigenvalue weighted by Crippen LogP contribution is -2.46. The number of hydrogen-bond donors (Lipinski definition) is 0. The molecule has 2 unspecified atom stereocenters.